The zero-order valence-electron chi connectivity index (χ0n) is 15.7. The van der Waals surface area contributed by atoms with Gasteiger partial charge in [-0.15, -0.1) is 0 Å². The number of benzene rings is 1. The summed E-state index contributed by atoms with van der Waals surface area (Å²) in [7, 11) is 0. The maximum atomic E-state index is 10.2. The largest absolute Gasteiger partial charge is 0.545 e. The fourth-order valence-electron chi connectivity index (χ4n) is 3.26. The molecule has 23 heavy (non-hydrogen) atoms. The molecule has 3 heteroatoms. The van der Waals surface area contributed by atoms with Crippen molar-refractivity contribution in [1.29, 1.82) is 0 Å². The number of carboxylic acids is 1. The summed E-state index contributed by atoms with van der Waals surface area (Å²) in [5.41, 5.74) is 1.27. The second kappa shape index (κ2) is 12.1. The predicted octanol–water partition coefficient (Wildman–Crippen LogP) is 3.80. The molecule has 132 valence electrons. The van der Waals surface area contributed by atoms with E-state index in [-0.39, 0.29) is 5.56 Å². The molecule has 1 aromatic rings. The first-order valence-electron chi connectivity index (χ1n) is 9.07. The molecule has 0 heterocycles. The molecule has 0 radical (unpaired) electrons. The van der Waals surface area contributed by atoms with Gasteiger partial charge in [0.15, 0.2) is 0 Å². The highest BCUT2D eigenvalue weighted by Gasteiger charge is 2.22. The number of carbonyl (C=O) groups is 1. The summed E-state index contributed by atoms with van der Waals surface area (Å²) >= 11 is 0. The molecule has 0 saturated carbocycles. The maximum absolute atomic E-state index is 10.2. The van der Waals surface area contributed by atoms with Crippen LogP contribution >= 0.6 is 0 Å². The lowest BCUT2D eigenvalue weighted by molar-refractivity contribution is -0.928. The predicted molar refractivity (Wildman–Crippen MR) is 96.4 cm³/mol. The minimum absolute atomic E-state index is 0.227. The molecule has 0 N–H and O–H groups in total. The molecule has 0 atom stereocenters. The van der Waals surface area contributed by atoms with Crippen molar-refractivity contribution in [3.8, 4) is 0 Å². The molecule has 0 aliphatic heterocycles. The van der Waals surface area contributed by atoms with Crippen LogP contribution in [0.1, 0.15) is 69.3 Å². The highest BCUT2D eigenvalue weighted by molar-refractivity contribution is 5.85. The summed E-state index contributed by atoms with van der Waals surface area (Å²) in [5, 5.41) is 10.2. The Balaban J connectivity index is 0.000000433. The van der Waals surface area contributed by atoms with Gasteiger partial charge >= 0.3 is 0 Å². The first-order chi connectivity index (χ1) is 10.9. The van der Waals surface area contributed by atoms with Crippen molar-refractivity contribution in [2.75, 3.05) is 26.2 Å². The Bertz CT molecular complexity index is 396. The van der Waals surface area contributed by atoms with Crippen LogP contribution in [0.3, 0.4) is 0 Å². The lowest BCUT2D eigenvalue weighted by Gasteiger charge is -2.38. The van der Waals surface area contributed by atoms with E-state index in [1.54, 1.807) is 12.1 Å². The first-order valence-corrected chi connectivity index (χ1v) is 9.07. The van der Waals surface area contributed by atoms with Crippen LogP contribution in [-0.2, 0) is 0 Å². The van der Waals surface area contributed by atoms with Gasteiger partial charge in [-0.3, -0.25) is 0 Å². The second-order valence-electron chi connectivity index (χ2n) is 6.39. The molecule has 0 saturated heterocycles. The van der Waals surface area contributed by atoms with Gasteiger partial charge in [-0.25, -0.2) is 0 Å². The third-order valence-electron chi connectivity index (χ3n) is 4.08. The molecule has 0 spiro atoms. The summed E-state index contributed by atoms with van der Waals surface area (Å²) in [6.07, 6.45) is 5.33. The molecule has 0 fully saturated rings. The second-order valence-corrected chi connectivity index (χ2v) is 6.39. The third kappa shape index (κ3) is 8.75. The van der Waals surface area contributed by atoms with Gasteiger partial charge in [-0.2, -0.15) is 0 Å². The van der Waals surface area contributed by atoms with E-state index in [1.807, 2.05) is 6.92 Å². The van der Waals surface area contributed by atoms with Crippen molar-refractivity contribution in [3.63, 3.8) is 0 Å². The van der Waals surface area contributed by atoms with Crippen LogP contribution in [0.25, 0.3) is 0 Å². The van der Waals surface area contributed by atoms with Crippen LogP contribution in [0.2, 0.25) is 0 Å². The van der Waals surface area contributed by atoms with E-state index in [4.69, 9.17) is 0 Å². The quantitative estimate of drug-likeness (QED) is 0.649. The van der Waals surface area contributed by atoms with Crippen molar-refractivity contribution in [1.82, 2.24) is 0 Å². The fourth-order valence-corrected chi connectivity index (χ4v) is 3.26. The van der Waals surface area contributed by atoms with Gasteiger partial charge in [0, 0.05) is 0 Å². The number of quaternary nitrogens is 1. The lowest BCUT2D eigenvalue weighted by Crippen LogP contribution is -2.50. The molecule has 1 rings (SSSR count). The number of carbonyl (C=O) groups excluding carboxylic acids is 1. The molecule has 0 unspecified atom stereocenters. The Morgan fingerprint density at radius 3 is 1.43 bits per heavy atom. The number of rotatable bonds is 9. The van der Waals surface area contributed by atoms with E-state index < -0.39 is 5.97 Å². The Morgan fingerprint density at radius 1 is 0.826 bits per heavy atom. The molecular formula is C20H35NO2. The summed E-state index contributed by atoms with van der Waals surface area (Å²) in [4.78, 5) is 10.2. The SMILES string of the molecule is CCC[N+](CCC)(CCC)CCC.Cc1ccc(C(=O)[O-])cc1. The van der Waals surface area contributed by atoms with E-state index in [0.29, 0.717) is 0 Å². The van der Waals surface area contributed by atoms with Gasteiger partial charge in [0.2, 0.25) is 0 Å². The van der Waals surface area contributed by atoms with Crippen molar-refractivity contribution < 1.29 is 14.4 Å². The molecule has 1 aromatic carbocycles. The molecule has 0 aliphatic rings. The van der Waals surface area contributed by atoms with Gasteiger partial charge < -0.3 is 14.4 Å². The number of hydrogen-bond acceptors (Lipinski definition) is 2. The average molecular weight is 322 g/mol. The van der Waals surface area contributed by atoms with Crippen molar-refractivity contribution in [2.24, 2.45) is 0 Å². The van der Waals surface area contributed by atoms with Gasteiger partial charge in [-0.1, -0.05) is 57.5 Å². The van der Waals surface area contributed by atoms with Gasteiger partial charge in [0.25, 0.3) is 0 Å². The van der Waals surface area contributed by atoms with Crippen LogP contribution in [0.4, 0.5) is 0 Å². The summed E-state index contributed by atoms with van der Waals surface area (Å²) in [6.45, 7) is 16.7. The maximum Gasteiger partial charge on any atom is 0.0783 e. The van der Waals surface area contributed by atoms with Crippen molar-refractivity contribution in [3.05, 3.63) is 35.4 Å². The average Bonchev–Trinajstić information content (AvgIpc) is 2.49. The molecule has 0 aliphatic carbocycles. The van der Waals surface area contributed by atoms with Crippen molar-refractivity contribution in [2.45, 2.75) is 60.3 Å². The van der Waals surface area contributed by atoms with Crippen LogP contribution in [-0.4, -0.2) is 36.6 Å². The number of aromatic carboxylic acids is 1. The van der Waals surface area contributed by atoms with Gasteiger partial charge in [-0.05, 0) is 38.2 Å². The highest BCUT2D eigenvalue weighted by Crippen LogP contribution is 2.12. The van der Waals surface area contributed by atoms with Gasteiger partial charge in [0.1, 0.15) is 0 Å². The fraction of sp³-hybridized carbons (Fsp3) is 0.650. The zero-order valence-corrected chi connectivity index (χ0v) is 15.7. The summed E-state index contributed by atoms with van der Waals surface area (Å²) < 4.78 is 1.38. The number of hydrogen-bond donors (Lipinski definition) is 0. The smallest absolute Gasteiger partial charge is 0.0783 e. The van der Waals surface area contributed by atoms with Crippen LogP contribution < -0.4 is 5.11 Å². The molecule has 0 bridgehead atoms. The van der Waals surface area contributed by atoms with E-state index >= 15 is 0 Å². The zero-order chi connectivity index (χ0) is 17.7. The van der Waals surface area contributed by atoms with E-state index in [9.17, 15) is 9.90 Å². The summed E-state index contributed by atoms with van der Waals surface area (Å²) in [6, 6.07) is 6.55. The van der Waals surface area contributed by atoms with E-state index in [0.717, 1.165) is 5.56 Å². The number of aryl methyl sites for hydroxylation is 1. The first kappa shape index (κ1) is 21.6. The Morgan fingerprint density at radius 2 is 1.17 bits per heavy atom. The summed E-state index contributed by atoms with van der Waals surface area (Å²) in [5.74, 6) is -1.12. The Kier molecular flexibility index (Phi) is 11.4. The molecule has 0 aromatic heterocycles. The van der Waals surface area contributed by atoms with Gasteiger partial charge in [0.05, 0.1) is 32.1 Å². The molecule has 3 nitrogen and oxygen atoms in total. The molecule has 0 amide bonds. The highest BCUT2D eigenvalue weighted by atomic mass is 16.4. The van der Waals surface area contributed by atoms with Crippen molar-refractivity contribution >= 4 is 5.97 Å². The topological polar surface area (TPSA) is 40.1 Å². The molecular weight excluding hydrogens is 286 g/mol. The van der Waals surface area contributed by atoms with E-state index in [1.165, 1.54) is 68.5 Å². The Labute approximate surface area is 142 Å². The lowest BCUT2D eigenvalue weighted by atomic mass is 10.2. The van der Waals surface area contributed by atoms with Crippen LogP contribution in [0, 0.1) is 6.92 Å². The van der Waals surface area contributed by atoms with Crippen LogP contribution in [0.5, 0.6) is 0 Å². The van der Waals surface area contributed by atoms with Crippen LogP contribution in [0.15, 0.2) is 24.3 Å². The minimum Gasteiger partial charge on any atom is -0.545 e. The third-order valence-corrected chi connectivity index (χ3v) is 4.08. The minimum atomic E-state index is -1.12. The number of carboxylic acid groups (broad SMARTS) is 1. The Hall–Kier alpha value is -1.35. The van der Waals surface area contributed by atoms with E-state index in [2.05, 4.69) is 27.7 Å². The standard InChI is InChI=1S/C12H28N.C8H8O2/c1-5-9-13(10-6-2,11-7-3)12-8-4;1-6-2-4-7(5-3-6)8(9)10/h5-12H2,1-4H3;2-5H,1H3,(H,9,10)/q+1;/p-1. The number of nitrogens with zero attached hydrogens (tertiary/aromatic N) is 1. The normalized spacial score (nSPS) is 10.8. The monoisotopic (exact) mass is 321 g/mol.